The maximum absolute atomic E-state index is 10.4. The largest absolute Gasteiger partial charge is 0.506 e. The number of hydrogen-bond acceptors (Lipinski definition) is 5. The van der Waals surface area contributed by atoms with Gasteiger partial charge < -0.3 is 15.5 Å². The quantitative estimate of drug-likeness (QED) is 0.489. The average Bonchev–Trinajstić information content (AvgIpc) is 2.58. The fraction of sp³-hybridized carbons (Fsp3) is 0. The van der Waals surface area contributed by atoms with Crippen molar-refractivity contribution in [3.63, 3.8) is 0 Å². The first-order valence-corrected chi connectivity index (χ1v) is 7.15. The first kappa shape index (κ1) is 13.3. The van der Waals surface area contributed by atoms with Crippen molar-refractivity contribution >= 4 is 33.3 Å². The van der Waals surface area contributed by atoms with Crippen LogP contribution in [0.2, 0.25) is 0 Å². The third-order valence-corrected chi connectivity index (χ3v) is 3.71. The summed E-state index contributed by atoms with van der Waals surface area (Å²) in [7, 11) is 0. The predicted octanol–water partition coefficient (Wildman–Crippen LogP) is 3.94. The van der Waals surface area contributed by atoms with Crippen molar-refractivity contribution in [2.45, 2.75) is 0 Å². The molecule has 4 rings (SSSR count). The Hall–Kier alpha value is -3.34. The molecule has 2 heterocycles. The van der Waals surface area contributed by atoms with Crippen LogP contribution in [0.5, 0.6) is 11.5 Å². The minimum atomic E-state index is 0.0716. The molecular weight excluding hydrogens is 290 g/mol. The minimum absolute atomic E-state index is 0.0716. The zero-order chi connectivity index (χ0) is 15.8. The zero-order valence-corrected chi connectivity index (χ0v) is 12.1. The summed E-state index contributed by atoms with van der Waals surface area (Å²) >= 11 is 0. The highest BCUT2D eigenvalue weighted by atomic mass is 16.3. The number of phenolic OH excluding ortho intramolecular Hbond substituents is 2. The number of anilines is 2. The van der Waals surface area contributed by atoms with Crippen LogP contribution >= 0.6 is 0 Å². The monoisotopic (exact) mass is 303 g/mol. The van der Waals surface area contributed by atoms with E-state index in [2.05, 4.69) is 15.3 Å². The molecule has 0 aliphatic carbocycles. The van der Waals surface area contributed by atoms with E-state index < -0.39 is 0 Å². The minimum Gasteiger partial charge on any atom is -0.506 e. The molecule has 0 spiro atoms. The van der Waals surface area contributed by atoms with Crippen LogP contribution < -0.4 is 5.32 Å². The number of para-hydroxylation sites is 1. The summed E-state index contributed by atoms with van der Waals surface area (Å²) in [5.41, 5.74) is 1.55. The highest BCUT2D eigenvalue weighted by Crippen LogP contribution is 2.33. The van der Waals surface area contributed by atoms with Crippen LogP contribution in [0.3, 0.4) is 0 Å². The van der Waals surface area contributed by atoms with E-state index in [9.17, 15) is 10.2 Å². The Morgan fingerprint density at radius 2 is 1.57 bits per heavy atom. The molecule has 0 amide bonds. The van der Waals surface area contributed by atoms with Gasteiger partial charge in [-0.25, -0.2) is 4.98 Å². The van der Waals surface area contributed by atoms with Crippen LogP contribution in [0, 0.1) is 0 Å². The number of aromatic hydroxyl groups is 2. The summed E-state index contributed by atoms with van der Waals surface area (Å²) in [5.74, 6) is 0.724. The van der Waals surface area contributed by atoms with Crippen LogP contribution in [0.25, 0.3) is 21.8 Å². The lowest BCUT2D eigenvalue weighted by atomic mass is 10.1. The Labute approximate surface area is 131 Å². The number of pyridine rings is 2. The molecule has 5 heteroatoms. The van der Waals surface area contributed by atoms with Gasteiger partial charge in [0, 0.05) is 17.0 Å². The molecule has 0 bridgehead atoms. The summed E-state index contributed by atoms with van der Waals surface area (Å²) in [5, 5.41) is 25.1. The normalized spacial score (nSPS) is 11.0. The van der Waals surface area contributed by atoms with E-state index >= 15 is 0 Å². The van der Waals surface area contributed by atoms with E-state index in [-0.39, 0.29) is 11.5 Å². The van der Waals surface area contributed by atoms with Crippen molar-refractivity contribution in [3.05, 3.63) is 60.8 Å². The van der Waals surface area contributed by atoms with Gasteiger partial charge in [0.2, 0.25) is 0 Å². The van der Waals surface area contributed by atoms with Crippen molar-refractivity contribution in [1.29, 1.82) is 0 Å². The molecule has 2 aromatic heterocycles. The Balaban J connectivity index is 1.78. The third-order valence-electron chi connectivity index (χ3n) is 3.71. The van der Waals surface area contributed by atoms with Gasteiger partial charge in [-0.2, -0.15) is 0 Å². The summed E-state index contributed by atoms with van der Waals surface area (Å²) < 4.78 is 0. The Morgan fingerprint density at radius 3 is 2.48 bits per heavy atom. The number of phenols is 2. The van der Waals surface area contributed by atoms with Gasteiger partial charge in [0.15, 0.2) is 5.75 Å². The highest BCUT2D eigenvalue weighted by molar-refractivity contribution is 5.91. The van der Waals surface area contributed by atoms with Crippen molar-refractivity contribution in [2.75, 3.05) is 5.32 Å². The van der Waals surface area contributed by atoms with Gasteiger partial charge in [0.1, 0.15) is 22.6 Å². The van der Waals surface area contributed by atoms with Gasteiger partial charge >= 0.3 is 0 Å². The van der Waals surface area contributed by atoms with E-state index in [1.54, 1.807) is 30.5 Å². The molecule has 5 nitrogen and oxygen atoms in total. The molecule has 0 saturated carbocycles. The summed E-state index contributed by atoms with van der Waals surface area (Å²) in [6.07, 6.45) is 1.64. The molecule has 0 aliphatic rings. The molecule has 112 valence electrons. The van der Waals surface area contributed by atoms with Gasteiger partial charge in [-0.3, -0.25) is 4.98 Å². The maximum Gasteiger partial charge on any atom is 0.165 e. The lowest BCUT2D eigenvalue weighted by molar-refractivity contribution is 0.480. The van der Waals surface area contributed by atoms with E-state index in [0.717, 1.165) is 10.8 Å². The van der Waals surface area contributed by atoms with Crippen LogP contribution in [-0.4, -0.2) is 20.2 Å². The van der Waals surface area contributed by atoms with Gasteiger partial charge in [-0.15, -0.1) is 0 Å². The van der Waals surface area contributed by atoms with Crippen molar-refractivity contribution in [2.24, 2.45) is 0 Å². The number of hydrogen-bond donors (Lipinski definition) is 3. The Bertz CT molecular complexity index is 1030. The van der Waals surface area contributed by atoms with Gasteiger partial charge in [-0.1, -0.05) is 24.3 Å². The van der Waals surface area contributed by atoms with Crippen LogP contribution in [0.4, 0.5) is 11.5 Å². The lowest BCUT2D eigenvalue weighted by Gasteiger charge is -2.10. The Morgan fingerprint density at radius 1 is 0.783 bits per heavy atom. The van der Waals surface area contributed by atoms with Crippen molar-refractivity contribution in [3.8, 4) is 11.5 Å². The summed E-state index contributed by atoms with van der Waals surface area (Å²) in [6.45, 7) is 0. The van der Waals surface area contributed by atoms with Gasteiger partial charge in [-0.05, 0) is 30.3 Å². The molecule has 0 fully saturated rings. The Kier molecular flexibility index (Phi) is 2.98. The van der Waals surface area contributed by atoms with E-state index in [1.165, 1.54) is 0 Å². The van der Waals surface area contributed by atoms with Crippen molar-refractivity contribution in [1.82, 2.24) is 9.97 Å². The maximum atomic E-state index is 10.4. The first-order valence-electron chi connectivity index (χ1n) is 7.15. The molecule has 0 radical (unpaired) electrons. The van der Waals surface area contributed by atoms with Gasteiger partial charge in [0.05, 0.1) is 5.69 Å². The number of aromatic nitrogens is 2. The van der Waals surface area contributed by atoms with Crippen molar-refractivity contribution < 1.29 is 10.2 Å². The molecule has 2 aromatic carbocycles. The molecule has 0 saturated heterocycles. The number of nitrogens with zero attached hydrogens (tertiary/aromatic N) is 2. The predicted molar refractivity (Wildman–Crippen MR) is 90.1 cm³/mol. The topological polar surface area (TPSA) is 78.3 Å². The van der Waals surface area contributed by atoms with E-state index in [0.29, 0.717) is 22.5 Å². The zero-order valence-electron chi connectivity index (χ0n) is 12.1. The smallest absolute Gasteiger partial charge is 0.165 e. The lowest BCUT2D eigenvalue weighted by Crippen LogP contribution is -1.95. The van der Waals surface area contributed by atoms with Crippen LogP contribution in [-0.2, 0) is 0 Å². The van der Waals surface area contributed by atoms with Crippen LogP contribution in [0.15, 0.2) is 60.8 Å². The molecule has 0 atom stereocenters. The standard InChI is InChI=1S/C18H13N3O2/c22-14-5-1-3-11-7-9-15(21-16(11)14)20-13-8-6-12-4-2-10-19-17(12)18(13)23/h1-10,22-23H,(H,20,21). The second kappa shape index (κ2) is 5.14. The SMILES string of the molecule is Oc1cccc2ccc(Nc3ccc4cccnc4c3O)nc12. The second-order valence-corrected chi connectivity index (χ2v) is 5.21. The fourth-order valence-corrected chi connectivity index (χ4v) is 2.57. The number of benzene rings is 2. The molecule has 4 aromatic rings. The van der Waals surface area contributed by atoms with E-state index in [4.69, 9.17) is 0 Å². The molecular formula is C18H13N3O2. The first-order chi connectivity index (χ1) is 11.2. The van der Waals surface area contributed by atoms with Gasteiger partial charge in [0.25, 0.3) is 0 Å². The number of rotatable bonds is 2. The molecule has 0 unspecified atom stereocenters. The number of nitrogens with one attached hydrogen (secondary N) is 1. The fourth-order valence-electron chi connectivity index (χ4n) is 2.57. The molecule has 0 aliphatic heterocycles. The number of fused-ring (bicyclic) bond motifs is 2. The van der Waals surface area contributed by atoms with Crippen LogP contribution in [0.1, 0.15) is 0 Å². The summed E-state index contributed by atoms with van der Waals surface area (Å²) in [6, 6.07) is 16.3. The average molecular weight is 303 g/mol. The van der Waals surface area contributed by atoms with E-state index in [1.807, 2.05) is 30.3 Å². The molecule has 3 N–H and O–H groups in total. The second-order valence-electron chi connectivity index (χ2n) is 5.21. The highest BCUT2D eigenvalue weighted by Gasteiger charge is 2.09. The summed E-state index contributed by atoms with van der Waals surface area (Å²) in [4.78, 5) is 8.60. The third kappa shape index (κ3) is 2.28. The molecule has 23 heavy (non-hydrogen) atoms.